The fraction of sp³-hybridized carbons (Fsp3) is 0.909. The third kappa shape index (κ3) is 3.82. The standard InChI is InChI=1S/C22H32O6/c1-11-7-17-19(27-17)9-15(11)21(23)25-13-3-5-14(6-4-13)26-22(24)16-10-20-18(28-20)8-12(16)2/h11-20H,3-10H2,1-2H3. The highest BCUT2D eigenvalue weighted by Crippen LogP contribution is 2.44. The Balaban J connectivity index is 1.06. The van der Waals surface area contributed by atoms with Crippen LogP contribution in [-0.4, -0.2) is 48.6 Å². The van der Waals surface area contributed by atoms with Gasteiger partial charge in [-0.2, -0.15) is 0 Å². The number of ether oxygens (including phenoxy) is 4. The molecule has 8 atom stereocenters. The molecule has 0 N–H and O–H groups in total. The maximum absolute atomic E-state index is 12.6. The number of rotatable bonds is 4. The van der Waals surface area contributed by atoms with Gasteiger partial charge in [0, 0.05) is 0 Å². The third-order valence-corrected chi connectivity index (χ3v) is 7.72. The molecule has 3 aliphatic carbocycles. The summed E-state index contributed by atoms with van der Waals surface area (Å²) >= 11 is 0. The smallest absolute Gasteiger partial charge is 0.309 e. The van der Waals surface area contributed by atoms with Crippen molar-refractivity contribution in [2.75, 3.05) is 0 Å². The van der Waals surface area contributed by atoms with Crippen molar-refractivity contribution in [2.24, 2.45) is 23.7 Å². The molecule has 5 rings (SSSR count). The first kappa shape index (κ1) is 18.9. The van der Waals surface area contributed by atoms with Crippen molar-refractivity contribution in [3.8, 4) is 0 Å². The van der Waals surface area contributed by atoms with Gasteiger partial charge in [0.2, 0.25) is 0 Å². The first-order valence-corrected chi connectivity index (χ1v) is 11.2. The Morgan fingerprint density at radius 2 is 1.00 bits per heavy atom. The van der Waals surface area contributed by atoms with Crippen molar-refractivity contribution in [2.45, 2.75) is 102 Å². The molecule has 0 aromatic heterocycles. The summed E-state index contributed by atoms with van der Waals surface area (Å²) in [5.41, 5.74) is 0. The Kier molecular flexibility index (Phi) is 4.90. The average molecular weight is 392 g/mol. The molecule has 6 heteroatoms. The summed E-state index contributed by atoms with van der Waals surface area (Å²) in [5.74, 6) is 0.497. The number of esters is 2. The van der Waals surface area contributed by atoms with Crippen LogP contribution >= 0.6 is 0 Å². The topological polar surface area (TPSA) is 77.7 Å². The lowest BCUT2D eigenvalue weighted by atomic mass is 9.80. The quantitative estimate of drug-likeness (QED) is 0.541. The Bertz CT molecular complexity index is 573. The zero-order valence-corrected chi connectivity index (χ0v) is 16.9. The van der Waals surface area contributed by atoms with Gasteiger partial charge in [0.05, 0.1) is 36.3 Å². The highest BCUT2D eigenvalue weighted by atomic mass is 16.6. The van der Waals surface area contributed by atoms with Crippen LogP contribution in [0.4, 0.5) is 0 Å². The van der Waals surface area contributed by atoms with Gasteiger partial charge < -0.3 is 18.9 Å². The lowest BCUT2D eigenvalue weighted by Crippen LogP contribution is -2.37. The van der Waals surface area contributed by atoms with Crippen molar-refractivity contribution in [1.82, 2.24) is 0 Å². The molecule has 0 aromatic rings. The third-order valence-electron chi connectivity index (χ3n) is 7.72. The van der Waals surface area contributed by atoms with Crippen LogP contribution in [-0.2, 0) is 28.5 Å². The molecule has 0 amide bonds. The van der Waals surface area contributed by atoms with Crippen LogP contribution in [0.3, 0.4) is 0 Å². The second-order valence-corrected chi connectivity index (χ2v) is 9.81. The second kappa shape index (κ2) is 7.28. The van der Waals surface area contributed by atoms with E-state index in [-0.39, 0.29) is 48.2 Å². The number of hydrogen-bond acceptors (Lipinski definition) is 6. The molecule has 3 saturated carbocycles. The van der Waals surface area contributed by atoms with Crippen LogP contribution in [0.25, 0.3) is 0 Å². The molecular weight excluding hydrogens is 360 g/mol. The Labute approximate surface area is 166 Å². The first-order valence-electron chi connectivity index (χ1n) is 11.2. The van der Waals surface area contributed by atoms with E-state index in [1.54, 1.807) is 0 Å². The predicted octanol–water partition coefficient (Wildman–Crippen LogP) is 3.01. The highest BCUT2D eigenvalue weighted by Gasteiger charge is 2.51. The van der Waals surface area contributed by atoms with Gasteiger partial charge in [-0.15, -0.1) is 0 Å². The van der Waals surface area contributed by atoms with Gasteiger partial charge in [0.1, 0.15) is 12.2 Å². The van der Waals surface area contributed by atoms with Gasteiger partial charge in [-0.05, 0) is 63.2 Å². The monoisotopic (exact) mass is 392 g/mol. The van der Waals surface area contributed by atoms with Crippen molar-refractivity contribution < 1.29 is 28.5 Å². The van der Waals surface area contributed by atoms with E-state index >= 15 is 0 Å². The first-order chi connectivity index (χ1) is 13.5. The normalized spacial score (nSPS) is 49.4. The molecule has 5 aliphatic rings. The Morgan fingerprint density at radius 1 is 0.643 bits per heavy atom. The number of carbonyl (C=O) groups excluding carboxylic acids is 2. The molecule has 28 heavy (non-hydrogen) atoms. The van der Waals surface area contributed by atoms with Crippen molar-refractivity contribution in [3.63, 3.8) is 0 Å². The minimum atomic E-state index is -0.0584. The van der Waals surface area contributed by atoms with Gasteiger partial charge in [0.25, 0.3) is 0 Å². The zero-order valence-electron chi connectivity index (χ0n) is 16.9. The lowest BCUT2D eigenvalue weighted by Gasteiger charge is -2.32. The lowest BCUT2D eigenvalue weighted by molar-refractivity contribution is -0.166. The molecule has 2 heterocycles. The van der Waals surface area contributed by atoms with E-state index in [0.717, 1.165) is 51.4 Å². The van der Waals surface area contributed by atoms with E-state index in [9.17, 15) is 9.59 Å². The van der Waals surface area contributed by atoms with E-state index in [2.05, 4.69) is 13.8 Å². The summed E-state index contributed by atoms with van der Waals surface area (Å²) in [6.45, 7) is 4.25. The van der Waals surface area contributed by atoms with E-state index in [0.29, 0.717) is 24.0 Å². The van der Waals surface area contributed by atoms with Crippen LogP contribution in [0.5, 0.6) is 0 Å². The van der Waals surface area contributed by atoms with Crippen molar-refractivity contribution in [1.29, 1.82) is 0 Å². The molecule has 0 aromatic carbocycles. The number of fused-ring (bicyclic) bond motifs is 2. The number of epoxide rings is 2. The van der Waals surface area contributed by atoms with Crippen LogP contribution in [0.15, 0.2) is 0 Å². The average Bonchev–Trinajstić information content (AvgIpc) is 3.56. The fourth-order valence-electron chi connectivity index (χ4n) is 5.64. The van der Waals surface area contributed by atoms with E-state index in [1.165, 1.54) is 0 Å². The summed E-state index contributed by atoms with van der Waals surface area (Å²) in [6.07, 6.45) is 7.92. The van der Waals surface area contributed by atoms with Crippen molar-refractivity contribution in [3.05, 3.63) is 0 Å². The van der Waals surface area contributed by atoms with Gasteiger partial charge in [0.15, 0.2) is 0 Å². The van der Waals surface area contributed by atoms with Gasteiger partial charge >= 0.3 is 11.9 Å². The van der Waals surface area contributed by atoms with E-state index in [4.69, 9.17) is 18.9 Å². The summed E-state index contributed by atoms with van der Waals surface area (Å²) < 4.78 is 22.8. The molecule has 6 nitrogen and oxygen atoms in total. The summed E-state index contributed by atoms with van der Waals surface area (Å²) in [5, 5.41) is 0. The van der Waals surface area contributed by atoms with E-state index in [1.807, 2.05) is 0 Å². The van der Waals surface area contributed by atoms with Crippen LogP contribution in [0, 0.1) is 23.7 Å². The minimum Gasteiger partial charge on any atom is -0.462 e. The molecule has 156 valence electrons. The van der Waals surface area contributed by atoms with E-state index < -0.39 is 0 Å². The minimum absolute atomic E-state index is 0.0273. The Morgan fingerprint density at radius 3 is 1.39 bits per heavy atom. The maximum Gasteiger partial charge on any atom is 0.309 e. The maximum atomic E-state index is 12.6. The van der Waals surface area contributed by atoms with Crippen LogP contribution < -0.4 is 0 Å². The SMILES string of the molecule is CC1CC2OC2CC1C(=O)OC1CCC(OC(=O)C2CC3OC3CC2C)CC1. The van der Waals surface area contributed by atoms with Crippen LogP contribution in [0.2, 0.25) is 0 Å². The van der Waals surface area contributed by atoms with Gasteiger partial charge in [-0.1, -0.05) is 13.8 Å². The molecule has 0 bridgehead atoms. The molecule has 2 aliphatic heterocycles. The van der Waals surface area contributed by atoms with Crippen molar-refractivity contribution >= 4 is 11.9 Å². The fourth-order valence-corrected chi connectivity index (χ4v) is 5.64. The summed E-state index contributed by atoms with van der Waals surface area (Å²) in [4.78, 5) is 25.2. The number of hydrogen-bond donors (Lipinski definition) is 0. The summed E-state index contributed by atoms with van der Waals surface area (Å²) in [6, 6.07) is 0. The molecule has 2 saturated heterocycles. The molecule has 0 spiro atoms. The van der Waals surface area contributed by atoms with Gasteiger partial charge in [-0.3, -0.25) is 9.59 Å². The molecule has 8 unspecified atom stereocenters. The predicted molar refractivity (Wildman–Crippen MR) is 99.3 cm³/mol. The second-order valence-electron chi connectivity index (χ2n) is 9.81. The highest BCUT2D eigenvalue weighted by molar-refractivity contribution is 5.74. The summed E-state index contributed by atoms with van der Waals surface area (Å²) in [7, 11) is 0. The molecular formula is C22H32O6. The number of carbonyl (C=O) groups is 2. The molecule has 0 radical (unpaired) electrons. The zero-order chi connectivity index (χ0) is 19.4. The molecule has 5 fully saturated rings. The Hall–Kier alpha value is -1.14. The largest absolute Gasteiger partial charge is 0.462 e. The van der Waals surface area contributed by atoms with Gasteiger partial charge in [-0.25, -0.2) is 0 Å². The van der Waals surface area contributed by atoms with Crippen LogP contribution in [0.1, 0.15) is 65.2 Å².